The molecule has 0 aliphatic carbocycles. The zero-order valence-corrected chi connectivity index (χ0v) is 15.0. The molecule has 0 bridgehead atoms. The number of hydrogen-bond acceptors (Lipinski definition) is 2. The second kappa shape index (κ2) is 9.18. The Morgan fingerprint density at radius 1 is 0.962 bits per heavy atom. The van der Waals surface area contributed by atoms with Gasteiger partial charge in [0.2, 0.25) is 0 Å². The van der Waals surface area contributed by atoms with Gasteiger partial charge in [-0.25, -0.2) is 0 Å². The SMILES string of the molecule is C=CCN(Cc1cccn1Cc1ccccc1)CC(O)c1ccccc1. The Bertz CT molecular complexity index is 795. The number of aliphatic hydroxyl groups excluding tert-OH is 1. The average molecular weight is 346 g/mol. The van der Waals surface area contributed by atoms with Gasteiger partial charge in [-0.15, -0.1) is 6.58 Å². The summed E-state index contributed by atoms with van der Waals surface area (Å²) in [5, 5.41) is 10.6. The summed E-state index contributed by atoms with van der Waals surface area (Å²) in [5.74, 6) is 0. The highest BCUT2D eigenvalue weighted by Gasteiger charge is 2.14. The van der Waals surface area contributed by atoms with Crippen LogP contribution in [0.3, 0.4) is 0 Å². The predicted octanol–water partition coefficient (Wildman–Crippen LogP) is 4.26. The Balaban J connectivity index is 1.68. The second-order valence-electron chi connectivity index (χ2n) is 6.52. The van der Waals surface area contributed by atoms with Gasteiger partial charge in [0.25, 0.3) is 0 Å². The molecule has 1 N–H and O–H groups in total. The van der Waals surface area contributed by atoms with Crippen LogP contribution in [0.5, 0.6) is 0 Å². The molecule has 134 valence electrons. The fraction of sp³-hybridized carbons (Fsp3) is 0.217. The van der Waals surface area contributed by atoms with Gasteiger partial charge in [0.15, 0.2) is 0 Å². The van der Waals surface area contributed by atoms with Crippen LogP contribution in [0.2, 0.25) is 0 Å². The Labute approximate surface area is 155 Å². The topological polar surface area (TPSA) is 28.4 Å². The fourth-order valence-electron chi connectivity index (χ4n) is 3.17. The molecule has 0 radical (unpaired) electrons. The van der Waals surface area contributed by atoms with Crippen molar-refractivity contribution in [3.05, 3.63) is 108 Å². The van der Waals surface area contributed by atoms with E-state index in [0.29, 0.717) is 6.54 Å². The largest absolute Gasteiger partial charge is 0.387 e. The summed E-state index contributed by atoms with van der Waals surface area (Å²) in [4.78, 5) is 2.22. The highest BCUT2D eigenvalue weighted by Crippen LogP contribution is 2.16. The van der Waals surface area contributed by atoms with E-state index in [0.717, 1.165) is 25.2 Å². The van der Waals surface area contributed by atoms with E-state index in [2.05, 4.69) is 58.6 Å². The minimum atomic E-state index is -0.506. The normalized spacial score (nSPS) is 12.2. The van der Waals surface area contributed by atoms with E-state index in [4.69, 9.17) is 0 Å². The maximum absolute atomic E-state index is 10.6. The fourth-order valence-corrected chi connectivity index (χ4v) is 3.17. The summed E-state index contributed by atoms with van der Waals surface area (Å²) < 4.78 is 2.26. The third kappa shape index (κ3) is 4.94. The lowest BCUT2D eigenvalue weighted by Crippen LogP contribution is -2.29. The van der Waals surface area contributed by atoms with E-state index in [1.54, 1.807) is 0 Å². The molecule has 26 heavy (non-hydrogen) atoms. The quantitative estimate of drug-likeness (QED) is 0.587. The van der Waals surface area contributed by atoms with Crippen molar-refractivity contribution in [3.8, 4) is 0 Å². The van der Waals surface area contributed by atoms with Crippen molar-refractivity contribution in [3.63, 3.8) is 0 Å². The molecule has 0 saturated heterocycles. The lowest BCUT2D eigenvalue weighted by Gasteiger charge is -2.25. The summed E-state index contributed by atoms with van der Waals surface area (Å²) in [6, 6.07) is 24.5. The van der Waals surface area contributed by atoms with Crippen LogP contribution >= 0.6 is 0 Å². The van der Waals surface area contributed by atoms with E-state index in [9.17, 15) is 5.11 Å². The van der Waals surface area contributed by atoms with Crippen LogP contribution in [0, 0.1) is 0 Å². The third-order valence-electron chi connectivity index (χ3n) is 4.51. The minimum absolute atomic E-state index is 0.506. The van der Waals surface area contributed by atoms with Crippen molar-refractivity contribution < 1.29 is 5.11 Å². The second-order valence-corrected chi connectivity index (χ2v) is 6.52. The molecule has 3 heteroatoms. The van der Waals surface area contributed by atoms with Gasteiger partial charge in [0.1, 0.15) is 0 Å². The van der Waals surface area contributed by atoms with Crippen molar-refractivity contribution in [2.75, 3.05) is 13.1 Å². The Morgan fingerprint density at radius 2 is 1.65 bits per heavy atom. The molecule has 0 fully saturated rings. The lowest BCUT2D eigenvalue weighted by molar-refractivity contribution is 0.115. The van der Waals surface area contributed by atoms with Crippen LogP contribution in [0.4, 0.5) is 0 Å². The summed E-state index contributed by atoms with van der Waals surface area (Å²) in [5.41, 5.74) is 3.46. The molecular formula is C23H26N2O. The van der Waals surface area contributed by atoms with Gasteiger partial charge in [-0.1, -0.05) is 66.7 Å². The zero-order valence-electron chi connectivity index (χ0n) is 15.0. The van der Waals surface area contributed by atoms with Gasteiger partial charge in [0.05, 0.1) is 6.10 Å². The van der Waals surface area contributed by atoms with Crippen molar-refractivity contribution in [2.24, 2.45) is 0 Å². The van der Waals surface area contributed by atoms with Crippen LogP contribution in [0.1, 0.15) is 22.9 Å². The van der Waals surface area contributed by atoms with Gasteiger partial charge in [-0.3, -0.25) is 4.90 Å². The predicted molar refractivity (Wildman–Crippen MR) is 107 cm³/mol. The van der Waals surface area contributed by atoms with E-state index in [1.165, 1.54) is 11.3 Å². The van der Waals surface area contributed by atoms with Gasteiger partial charge in [0, 0.05) is 38.1 Å². The first-order chi connectivity index (χ1) is 12.8. The first-order valence-corrected chi connectivity index (χ1v) is 9.00. The van der Waals surface area contributed by atoms with Gasteiger partial charge in [-0.05, 0) is 23.3 Å². The molecule has 3 nitrogen and oxygen atoms in total. The Morgan fingerprint density at radius 3 is 2.35 bits per heavy atom. The van der Waals surface area contributed by atoms with Gasteiger partial charge < -0.3 is 9.67 Å². The first-order valence-electron chi connectivity index (χ1n) is 9.00. The molecule has 0 saturated carbocycles. The van der Waals surface area contributed by atoms with Crippen LogP contribution in [0.25, 0.3) is 0 Å². The highest BCUT2D eigenvalue weighted by molar-refractivity contribution is 5.19. The summed E-state index contributed by atoms with van der Waals surface area (Å²) in [7, 11) is 0. The monoisotopic (exact) mass is 346 g/mol. The number of aliphatic hydroxyl groups is 1. The summed E-state index contributed by atoms with van der Waals surface area (Å²) in [6.07, 6.45) is 3.50. The number of hydrogen-bond donors (Lipinski definition) is 1. The van der Waals surface area contributed by atoms with Crippen molar-refractivity contribution in [1.82, 2.24) is 9.47 Å². The molecule has 1 atom stereocenters. The van der Waals surface area contributed by atoms with Crippen molar-refractivity contribution in [2.45, 2.75) is 19.2 Å². The molecular weight excluding hydrogens is 320 g/mol. The molecule has 0 spiro atoms. The van der Waals surface area contributed by atoms with E-state index >= 15 is 0 Å². The number of benzene rings is 2. The first kappa shape index (κ1) is 18.2. The molecule has 1 aromatic heterocycles. The number of nitrogens with zero attached hydrogens (tertiary/aromatic N) is 2. The van der Waals surface area contributed by atoms with Crippen molar-refractivity contribution in [1.29, 1.82) is 0 Å². The van der Waals surface area contributed by atoms with Crippen LogP contribution in [-0.2, 0) is 13.1 Å². The van der Waals surface area contributed by atoms with E-state index in [1.807, 2.05) is 42.5 Å². The standard InChI is InChI=1S/C23H26N2O/c1-2-15-24(19-23(26)21-12-7-4-8-13-21)18-22-14-9-16-25(22)17-20-10-5-3-6-11-20/h2-14,16,23,26H,1,15,17-19H2. The maximum atomic E-state index is 10.6. The molecule has 0 aliphatic rings. The van der Waals surface area contributed by atoms with Gasteiger partial charge >= 0.3 is 0 Å². The van der Waals surface area contributed by atoms with E-state index in [-0.39, 0.29) is 0 Å². The molecule has 0 aliphatic heterocycles. The molecule has 3 aromatic rings. The lowest BCUT2D eigenvalue weighted by atomic mass is 10.1. The highest BCUT2D eigenvalue weighted by atomic mass is 16.3. The minimum Gasteiger partial charge on any atom is -0.387 e. The van der Waals surface area contributed by atoms with Crippen LogP contribution in [-0.4, -0.2) is 27.7 Å². The Hall–Kier alpha value is -2.62. The van der Waals surface area contributed by atoms with Crippen molar-refractivity contribution >= 4 is 0 Å². The zero-order chi connectivity index (χ0) is 18.2. The number of aromatic nitrogens is 1. The average Bonchev–Trinajstić information content (AvgIpc) is 3.10. The third-order valence-corrected chi connectivity index (χ3v) is 4.51. The Kier molecular flexibility index (Phi) is 6.42. The smallest absolute Gasteiger partial charge is 0.0917 e. The molecule has 3 rings (SSSR count). The molecule has 0 amide bonds. The molecule has 1 unspecified atom stereocenters. The van der Waals surface area contributed by atoms with Gasteiger partial charge in [-0.2, -0.15) is 0 Å². The van der Waals surface area contributed by atoms with Crippen LogP contribution < -0.4 is 0 Å². The summed E-state index contributed by atoms with van der Waals surface area (Å²) in [6.45, 7) is 6.81. The summed E-state index contributed by atoms with van der Waals surface area (Å²) >= 11 is 0. The van der Waals surface area contributed by atoms with E-state index < -0.39 is 6.10 Å². The number of rotatable bonds is 9. The maximum Gasteiger partial charge on any atom is 0.0917 e. The molecule has 2 aromatic carbocycles. The van der Waals surface area contributed by atoms with Crippen LogP contribution in [0.15, 0.2) is 91.6 Å². The molecule has 1 heterocycles.